The van der Waals surface area contributed by atoms with Crippen molar-refractivity contribution in [1.82, 2.24) is 4.90 Å². The van der Waals surface area contributed by atoms with E-state index in [1.165, 1.54) is 0 Å². The van der Waals surface area contributed by atoms with Crippen LogP contribution in [0.3, 0.4) is 0 Å². The highest BCUT2D eigenvalue weighted by molar-refractivity contribution is 9.10. The number of halogens is 1. The number of aliphatic carboxylic acids is 1. The van der Waals surface area contributed by atoms with Crippen LogP contribution in [0.4, 0.5) is 0 Å². The molecule has 0 bridgehead atoms. The highest BCUT2D eigenvalue weighted by atomic mass is 79.9. The van der Waals surface area contributed by atoms with Gasteiger partial charge in [0.1, 0.15) is 0 Å². The van der Waals surface area contributed by atoms with E-state index in [2.05, 4.69) is 45.6 Å². The molecule has 2 rings (SSSR count). The van der Waals surface area contributed by atoms with Crippen LogP contribution in [-0.4, -0.2) is 36.1 Å². The van der Waals surface area contributed by atoms with Gasteiger partial charge in [0.2, 0.25) is 0 Å². The van der Waals surface area contributed by atoms with E-state index in [0.29, 0.717) is 6.54 Å². The fourth-order valence-electron chi connectivity index (χ4n) is 1.99. The van der Waals surface area contributed by atoms with Gasteiger partial charge in [0, 0.05) is 11.0 Å². The molecule has 5 heteroatoms. The Balaban J connectivity index is 2.25. The first kappa shape index (κ1) is 15.9. The third-order valence-corrected chi connectivity index (χ3v) is 4.21. The molecule has 0 radical (unpaired) electrons. The van der Waals surface area contributed by atoms with Crippen molar-refractivity contribution < 1.29 is 9.90 Å². The number of carboxylic acid groups (broad SMARTS) is 1. The van der Waals surface area contributed by atoms with E-state index in [9.17, 15) is 4.79 Å². The first-order chi connectivity index (χ1) is 10.1. The molecule has 110 valence electrons. The fraction of sp³-hybridized carbons (Fsp3) is 0.188. The van der Waals surface area contributed by atoms with Crippen LogP contribution in [0.2, 0.25) is 0 Å². The van der Waals surface area contributed by atoms with E-state index in [4.69, 9.17) is 5.11 Å². The van der Waals surface area contributed by atoms with Crippen molar-refractivity contribution in [3.63, 3.8) is 0 Å². The summed E-state index contributed by atoms with van der Waals surface area (Å²) in [5.41, 5.74) is 3.41. The molecule has 21 heavy (non-hydrogen) atoms. The Morgan fingerprint density at radius 2 is 2.00 bits per heavy atom. The van der Waals surface area contributed by atoms with Gasteiger partial charge in [-0.15, -0.1) is 0 Å². The van der Waals surface area contributed by atoms with Crippen molar-refractivity contribution in [2.45, 2.75) is 0 Å². The molecule has 3 nitrogen and oxygen atoms in total. The lowest BCUT2D eigenvalue weighted by Crippen LogP contribution is -2.25. The second-order valence-electron chi connectivity index (χ2n) is 4.73. The van der Waals surface area contributed by atoms with Crippen LogP contribution in [-0.2, 0) is 4.79 Å². The zero-order valence-corrected chi connectivity index (χ0v) is 14.0. The van der Waals surface area contributed by atoms with E-state index in [1.54, 1.807) is 23.3 Å². The van der Waals surface area contributed by atoms with E-state index < -0.39 is 5.97 Å². The Kier molecular flexibility index (Phi) is 5.73. The molecule has 1 N–H and O–H groups in total. The van der Waals surface area contributed by atoms with Gasteiger partial charge >= 0.3 is 5.97 Å². The average Bonchev–Trinajstić information content (AvgIpc) is 2.94. The number of thiophene rings is 1. The van der Waals surface area contributed by atoms with Gasteiger partial charge in [-0.3, -0.25) is 9.69 Å². The molecule has 0 aliphatic heterocycles. The highest BCUT2D eigenvalue weighted by Gasteiger charge is 2.07. The number of nitrogens with zero attached hydrogens (tertiary/aromatic N) is 1. The molecule has 0 saturated heterocycles. The van der Waals surface area contributed by atoms with E-state index in [-0.39, 0.29) is 6.54 Å². The molecule has 0 aliphatic rings. The molecule has 1 aromatic heterocycles. The summed E-state index contributed by atoms with van der Waals surface area (Å²) in [5.74, 6) is -0.813. The Hall–Kier alpha value is -1.43. The lowest BCUT2D eigenvalue weighted by molar-refractivity contribution is -0.137. The third kappa shape index (κ3) is 4.81. The minimum atomic E-state index is -0.813. The average molecular weight is 366 g/mol. The van der Waals surface area contributed by atoms with Crippen LogP contribution < -0.4 is 0 Å². The molecule has 0 saturated carbocycles. The minimum absolute atomic E-state index is 0.0355. The SMILES string of the molecule is CN(CC=C(c1ccc(Br)cc1)c1ccsc1)CC(=O)O. The second kappa shape index (κ2) is 7.54. The number of hydrogen-bond donors (Lipinski definition) is 1. The molecule has 0 spiro atoms. The van der Waals surface area contributed by atoms with Crippen molar-refractivity contribution >= 4 is 38.8 Å². The van der Waals surface area contributed by atoms with Gasteiger partial charge in [-0.1, -0.05) is 34.1 Å². The van der Waals surface area contributed by atoms with E-state index >= 15 is 0 Å². The molecule has 1 heterocycles. The molecule has 2 aromatic rings. The number of rotatable bonds is 6. The van der Waals surface area contributed by atoms with Gasteiger partial charge in [0.25, 0.3) is 0 Å². The maximum absolute atomic E-state index is 10.7. The van der Waals surface area contributed by atoms with Crippen LogP contribution in [0.1, 0.15) is 11.1 Å². The highest BCUT2D eigenvalue weighted by Crippen LogP contribution is 2.26. The standard InChI is InChI=1S/C16H16BrNO2S/c1-18(10-16(19)20)8-6-15(13-7-9-21-11-13)12-2-4-14(17)5-3-12/h2-7,9,11H,8,10H2,1H3,(H,19,20). The molecule has 0 atom stereocenters. The summed E-state index contributed by atoms with van der Waals surface area (Å²) in [4.78, 5) is 12.5. The summed E-state index contributed by atoms with van der Waals surface area (Å²) >= 11 is 5.09. The maximum atomic E-state index is 10.7. The first-order valence-electron chi connectivity index (χ1n) is 6.45. The monoisotopic (exact) mass is 365 g/mol. The van der Waals surface area contributed by atoms with Crippen LogP contribution >= 0.6 is 27.3 Å². The predicted molar refractivity (Wildman–Crippen MR) is 90.7 cm³/mol. The number of hydrogen-bond acceptors (Lipinski definition) is 3. The number of carbonyl (C=O) groups is 1. The van der Waals surface area contributed by atoms with Gasteiger partial charge in [-0.25, -0.2) is 0 Å². The van der Waals surface area contributed by atoms with E-state index in [1.807, 2.05) is 17.5 Å². The van der Waals surface area contributed by atoms with E-state index in [0.717, 1.165) is 21.2 Å². The Morgan fingerprint density at radius 1 is 1.29 bits per heavy atom. The predicted octanol–water partition coefficient (Wildman–Crippen LogP) is 3.96. The van der Waals surface area contributed by atoms with Crippen LogP contribution in [0.25, 0.3) is 5.57 Å². The maximum Gasteiger partial charge on any atom is 0.317 e. The van der Waals surface area contributed by atoms with Crippen molar-refractivity contribution in [1.29, 1.82) is 0 Å². The van der Waals surface area contributed by atoms with Crippen LogP contribution in [0.5, 0.6) is 0 Å². The lowest BCUT2D eigenvalue weighted by Gasteiger charge is -2.13. The Morgan fingerprint density at radius 3 is 2.57 bits per heavy atom. The van der Waals surface area contributed by atoms with Crippen molar-refractivity contribution in [2.75, 3.05) is 20.1 Å². The van der Waals surface area contributed by atoms with Gasteiger partial charge < -0.3 is 5.11 Å². The summed E-state index contributed by atoms with van der Waals surface area (Å²) in [5, 5.41) is 13.0. The zero-order valence-electron chi connectivity index (χ0n) is 11.6. The van der Waals surface area contributed by atoms with Gasteiger partial charge in [-0.2, -0.15) is 11.3 Å². The van der Waals surface area contributed by atoms with Crippen LogP contribution in [0, 0.1) is 0 Å². The lowest BCUT2D eigenvalue weighted by atomic mass is 10.00. The molecular formula is C16H16BrNO2S. The first-order valence-corrected chi connectivity index (χ1v) is 8.19. The minimum Gasteiger partial charge on any atom is -0.480 e. The summed E-state index contributed by atoms with van der Waals surface area (Å²) in [7, 11) is 1.80. The number of likely N-dealkylation sites (N-methyl/N-ethyl adjacent to an activating group) is 1. The third-order valence-electron chi connectivity index (χ3n) is 3.00. The quantitative estimate of drug-likeness (QED) is 0.841. The Bertz CT molecular complexity index is 620. The van der Waals surface area contributed by atoms with Crippen LogP contribution in [0.15, 0.2) is 51.6 Å². The topological polar surface area (TPSA) is 40.5 Å². The largest absolute Gasteiger partial charge is 0.480 e. The molecule has 0 unspecified atom stereocenters. The fourth-order valence-corrected chi connectivity index (χ4v) is 2.91. The molecule has 0 amide bonds. The van der Waals surface area contributed by atoms with Gasteiger partial charge in [0.05, 0.1) is 6.54 Å². The molecule has 0 aliphatic carbocycles. The number of benzene rings is 1. The van der Waals surface area contributed by atoms with Gasteiger partial charge in [-0.05, 0) is 52.7 Å². The summed E-state index contributed by atoms with van der Waals surface area (Å²) in [6.07, 6.45) is 2.08. The normalized spacial score (nSPS) is 11.9. The van der Waals surface area contributed by atoms with Gasteiger partial charge in [0.15, 0.2) is 0 Å². The molecule has 1 aromatic carbocycles. The number of carboxylic acids is 1. The summed E-state index contributed by atoms with van der Waals surface area (Å²) in [6, 6.07) is 10.2. The molecular weight excluding hydrogens is 350 g/mol. The molecule has 0 fully saturated rings. The Labute approximate surface area is 136 Å². The van der Waals surface area contributed by atoms with Crippen molar-refractivity contribution in [3.8, 4) is 0 Å². The van der Waals surface area contributed by atoms with Crippen molar-refractivity contribution in [2.24, 2.45) is 0 Å². The van der Waals surface area contributed by atoms with Crippen molar-refractivity contribution in [3.05, 3.63) is 62.8 Å². The second-order valence-corrected chi connectivity index (χ2v) is 6.42. The smallest absolute Gasteiger partial charge is 0.317 e. The zero-order chi connectivity index (χ0) is 15.2. The summed E-state index contributed by atoms with van der Waals surface area (Å²) in [6.45, 7) is 0.626. The summed E-state index contributed by atoms with van der Waals surface area (Å²) < 4.78 is 1.04.